The zero-order valence-corrected chi connectivity index (χ0v) is 19.2. The van der Waals surface area contributed by atoms with Crippen molar-refractivity contribution < 1.29 is 23.4 Å². The number of carbonyl (C=O) groups excluding carboxylic acids is 1. The van der Waals surface area contributed by atoms with Crippen LogP contribution in [0.1, 0.15) is 16.1 Å². The highest BCUT2D eigenvalue weighted by Gasteiger charge is 2.20. The van der Waals surface area contributed by atoms with Crippen LogP contribution in [-0.2, 0) is 0 Å². The van der Waals surface area contributed by atoms with Gasteiger partial charge in [-0.1, -0.05) is 43.0 Å². The second kappa shape index (κ2) is 8.67. The quantitative estimate of drug-likeness (QED) is 0.527. The van der Waals surface area contributed by atoms with Gasteiger partial charge in [0.1, 0.15) is 22.9 Å². The highest BCUT2D eigenvalue weighted by molar-refractivity contribution is 6.88. The normalized spacial score (nSPS) is 11.1. The number of hydrogen-bond donors (Lipinski definition) is 1. The first kappa shape index (κ1) is 21.5. The molecule has 0 bridgehead atoms. The molecule has 3 rings (SSSR count). The number of para-hydroxylation sites is 1. The van der Waals surface area contributed by atoms with E-state index in [1.54, 1.807) is 30.3 Å². The Morgan fingerprint density at radius 3 is 2.20 bits per heavy atom. The van der Waals surface area contributed by atoms with Crippen molar-refractivity contribution in [3.63, 3.8) is 0 Å². The molecule has 0 spiro atoms. The first-order chi connectivity index (χ1) is 14.2. The monoisotopic (exact) mass is 425 g/mol. The predicted octanol–water partition coefficient (Wildman–Crippen LogP) is 5.20. The molecule has 0 unspecified atom stereocenters. The lowest BCUT2D eigenvalue weighted by Gasteiger charge is -2.18. The molecule has 0 fully saturated rings. The number of carbonyl (C=O) groups is 1. The summed E-state index contributed by atoms with van der Waals surface area (Å²) >= 11 is 0. The Bertz CT molecular complexity index is 1030. The summed E-state index contributed by atoms with van der Waals surface area (Å²) in [5.74, 6) is 1.65. The molecule has 0 saturated carbocycles. The molecule has 0 aliphatic rings. The SMILES string of the molecule is COc1cccc(OC)c1NC(=O)c1ccc(Oc2cc([Si](C)(C)C)ccc2C)o1. The zero-order chi connectivity index (χ0) is 21.9. The van der Waals surface area contributed by atoms with Crippen LogP contribution in [-0.4, -0.2) is 28.2 Å². The van der Waals surface area contributed by atoms with E-state index in [9.17, 15) is 4.79 Å². The summed E-state index contributed by atoms with van der Waals surface area (Å²) in [5, 5.41) is 4.07. The van der Waals surface area contributed by atoms with Crippen LogP contribution in [0.3, 0.4) is 0 Å². The number of amides is 1. The number of furan rings is 1. The minimum absolute atomic E-state index is 0.122. The third-order valence-corrected chi connectivity index (χ3v) is 6.78. The Hall–Kier alpha value is -3.19. The van der Waals surface area contributed by atoms with Gasteiger partial charge in [-0.15, -0.1) is 0 Å². The fourth-order valence-corrected chi connectivity index (χ4v) is 4.08. The number of ether oxygens (including phenoxy) is 3. The van der Waals surface area contributed by atoms with Gasteiger partial charge in [0.05, 0.1) is 22.3 Å². The standard InChI is InChI=1S/C23H27NO5Si/c1-15-10-11-16(30(4,5)6)14-20(15)29-21-13-12-19(28-21)23(25)24-22-17(26-2)8-7-9-18(22)27-3/h7-14H,1-6H3,(H,24,25). The second-order valence-electron chi connectivity index (χ2n) is 7.94. The minimum atomic E-state index is -1.48. The molecule has 0 radical (unpaired) electrons. The largest absolute Gasteiger partial charge is 0.494 e. The Kier molecular flexibility index (Phi) is 6.22. The van der Waals surface area contributed by atoms with Crippen LogP contribution >= 0.6 is 0 Å². The van der Waals surface area contributed by atoms with Gasteiger partial charge < -0.3 is 23.9 Å². The molecule has 0 aliphatic carbocycles. The van der Waals surface area contributed by atoms with Crippen molar-refractivity contribution in [3.05, 3.63) is 59.9 Å². The van der Waals surface area contributed by atoms with Crippen LogP contribution < -0.4 is 24.7 Å². The van der Waals surface area contributed by atoms with E-state index in [1.807, 2.05) is 13.0 Å². The zero-order valence-electron chi connectivity index (χ0n) is 18.2. The smallest absolute Gasteiger partial charge is 0.291 e. The van der Waals surface area contributed by atoms with Crippen molar-refractivity contribution in [2.24, 2.45) is 0 Å². The molecule has 0 atom stereocenters. The number of aryl methyl sites for hydroxylation is 1. The summed E-state index contributed by atoms with van der Waals surface area (Å²) in [6.45, 7) is 8.82. The second-order valence-corrected chi connectivity index (χ2v) is 13.0. The van der Waals surface area contributed by atoms with Gasteiger partial charge in [0.25, 0.3) is 11.9 Å². The van der Waals surface area contributed by atoms with E-state index in [4.69, 9.17) is 18.6 Å². The van der Waals surface area contributed by atoms with Gasteiger partial charge in [-0.2, -0.15) is 0 Å². The summed E-state index contributed by atoms with van der Waals surface area (Å²) < 4.78 is 22.2. The van der Waals surface area contributed by atoms with Gasteiger partial charge in [0.15, 0.2) is 5.76 Å². The summed E-state index contributed by atoms with van der Waals surface area (Å²) in [4.78, 5) is 12.7. The van der Waals surface area contributed by atoms with Crippen LogP contribution in [0.4, 0.5) is 5.69 Å². The highest BCUT2D eigenvalue weighted by Crippen LogP contribution is 2.35. The number of nitrogens with one attached hydrogen (secondary N) is 1. The third-order valence-electron chi connectivity index (χ3n) is 4.74. The third kappa shape index (κ3) is 4.68. The van der Waals surface area contributed by atoms with Crippen molar-refractivity contribution in [1.82, 2.24) is 0 Å². The molecule has 1 N–H and O–H groups in total. The number of benzene rings is 2. The van der Waals surface area contributed by atoms with Crippen LogP contribution in [0.25, 0.3) is 0 Å². The first-order valence-electron chi connectivity index (χ1n) is 9.64. The molecule has 1 amide bonds. The van der Waals surface area contributed by atoms with Gasteiger partial charge in [0.2, 0.25) is 0 Å². The number of methoxy groups -OCH3 is 2. The van der Waals surface area contributed by atoms with Crippen LogP contribution in [0.2, 0.25) is 19.6 Å². The number of anilines is 1. The molecule has 158 valence electrons. The van der Waals surface area contributed by atoms with Gasteiger partial charge in [-0.25, -0.2) is 0 Å². The first-order valence-corrected chi connectivity index (χ1v) is 13.1. The lowest BCUT2D eigenvalue weighted by atomic mass is 10.2. The Morgan fingerprint density at radius 1 is 0.933 bits per heavy atom. The molecule has 0 aliphatic heterocycles. The lowest BCUT2D eigenvalue weighted by molar-refractivity contribution is 0.0991. The van der Waals surface area contributed by atoms with Gasteiger partial charge in [-0.3, -0.25) is 4.79 Å². The van der Waals surface area contributed by atoms with Gasteiger partial charge in [0, 0.05) is 6.07 Å². The molecule has 1 aromatic heterocycles. The molecule has 2 aromatic carbocycles. The molecule has 30 heavy (non-hydrogen) atoms. The van der Waals surface area contributed by atoms with Crippen molar-refractivity contribution in [1.29, 1.82) is 0 Å². The Balaban J connectivity index is 1.80. The average molecular weight is 426 g/mol. The maximum atomic E-state index is 12.7. The highest BCUT2D eigenvalue weighted by atomic mass is 28.3. The molecule has 7 heteroatoms. The number of hydrogen-bond acceptors (Lipinski definition) is 5. The van der Waals surface area contributed by atoms with Gasteiger partial charge in [-0.05, 0) is 36.8 Å². The topological polar surface area (TPSA) is 69.9 Å². The van der Waals surface area contributed by atoms with Gasteiger partial charge >= 0.3 is 0 Å². The van der Waals surface area contributed by atoms with Crippen molar-refractivity contribution >= 4 is 24.9 Å². The van der Waals surface area contributed by atoms with Crippen molar-refractivity contribution in [2.45, 2.75) is 26.6 Å². The molecular weight excluding hydrogens is 398 g/mol. The fourth-order valence-electron chi connectivity index (χ4n) is 2.93. The molecule has 3 aromatic rings. The lowest BCUT2D eigenvalue weighted by Crippen LogP contribution is -2.37. The number of rotatable bonds is 7. The fraction of sp³-hybridized carbons (Fsp3) is 0.261. The van der Waals surface area contributed by atoms with E-state index >= 15 is 0 Å². The summed E-state index contributed by atoms with van der Waals surface area (Å²) in [7, 11) is 1.58. The van der Waals surface area contributed by atoms with Crippen molar-refractivity contribution in [2.75, 3.05) is 19.5 Å². The maximum absolute atomic E-state index is 12.7. The Labute approximate surface area is 177 Å². The average Bonchev–Trinajstić information content (AvgIpc) is 3.17. The molecule has 6 nitrogen and oxygen atoms in total. The van der Waals surface area contributed by atoms with E-state index in [1.165, 1.54) is 19.4 Å². The summed E-state index contributed by atoms with van der Waals surface area (Å²) in [6.07, 6.45) is 0. The Morgan fingerprint density at radius 2 is 1.60 bits per heavy atom. The summed E-state index contributed by atoms with van der Waals surface area (Å²) in [6, 6.07) is 14.7. The predicted molar refractivity (Wildman–Crippen MR) is 120 cm³/mol. The van der Waals surface area contributed by atoms with E-state index < -0.39 is 14.0 Å². The van der Waals surface area contributed by atoms with Crippen LogP contribution in [0.5, 0.6) is 23.2 Å². The van der Waals surface area contributed by atoms with Crippen LogP contribution in [0, 0.1) is 6.92 Å². The van der Waals surface area contributed by atoms with E-state index in [0.717, 1.165) is 11.3 Å². The maximum Gasteiger partial charge on any atom is 0.291 e. The van der Waals surface area contributed by atoms with E-state index in [0.29, 0.717) is 17.2 Å². The molecule has 1 heterocycles. The summed E-state index contributed by atoms with van der Waals surface area (Å²) in [5.41, 5.74) is 1.43. The minimum Gasteiger partial charge on any atom is -0.494 e. The van der Waals surface area contributed by atoms with Crippen molar-refractivity contribution in [3.8, 4) is 23.2 Å². The molecular formula is C23H27NO5Si. The molecule has 0 saturated heterocycles. The van der Waals surface area contributed by atoms with E-state index in [2.05, 4.69) is 37.1 Å². The van der Waals surface area contributed by atoms with Crippen LogP contribution in [0.15, 0.2) is 52.9 Å². The van der Waals surface area contributed by atoms with E-state index in [-0.39, 0.29) is 11.7 Å².